The fourth-order valence-electron chi connectivity index (χ4n) is 3.47. The predicted octanol–water partition coefficient (Wildman–Crippen LogP) is 1.65. The van der Waals surface area contributed by atoms with Crippen molar-refractivity contribution in [1.29, 1.82) is 0 Å². The molecule has 5 heteroatoms. The minimum absolute atomic E-state index is 0.0316. The second kappa shape index (κ2) is 7.99. The van der Waals surface area contributed by atoms with Gasteiger partial charge in [-0.05, 0) is 30.5 Å². The Balaban J connectivity index is 1.47. The first-order valence-corrected chi connectivity index (χ1v) is 9.16. The summed E-state index contributed by atoms with van der Waals surface area (Å²) in [7, 11) is 0. The molecule has 1 unspecified atom stereocenters. The zero-order valence-corrected chi connectivity index (χ0v) is 14.9. The van der Waals surface area contributed by atoms with Crippen LogP contribution in [-0.2, 0) is 17.8 Å². The molecule has 1 aromatic carbocycles. The number of piperazine rings is 1. The second-order valence-corrected chi connectivity index (χ2v) is 6.82. The Morgan fingerprint density at radius 2 is 2.08 bits per heavy atom. The molecule has 0 bridgehead atoms. The molecule has 0 radical (unpaired) electrons. The lowest BCUT2D eigenvalue weighted by molar-refractivity contribution is -0.126. The van der Waals surface area contributed by atoms with Gasteiger partial charge in [0.15, 0.2) is 0 Å². The van der Waals surface area contributed by atoms with Gasteiger partial charge < -0.3 is 10.1 Å². The SMILES string of the molecule is CCCNC(=O)C(C)N1CCN(Cc2ccc3c(c2)CCO3)CC1. The van der Waals surface area contributed by atoms with Gasteiger partial charge in [-0.2, -0.15) is 0 Å². The lowest BCUT2D eigenvalue weighted by Crippen LogP contribution is -2.53. The summed E-state index contributed by atoms with van der Waals surface area (Å²) in [6, 6.07) is 6.54. The number of hydrogen-bond donors (Lipinski definition) is 1. The molecule has 0 aromatic heterocycles. The molecule has 1 aromatic rings. The third-order valence-electron chi connectivity index (χ3n) is 5.04. The van der Waals surface area contributed by atoms with Crippen LogP contribution >= 0.6 is 0 Å². The molecular formula is C19H29N3O2. The number of hydrogen-bond acceptors (Lipinski definition) is 4. The molecule has 2 aliphatic heterocycles. The van der Waals surface area contributed by atoms with E-state index in [1.165, 1.54) is 11.1 Å². The lowest BCUT2D eigenvalue weighted by atomic mass is 10.1. The quantitative estimate of drug-likeness (QED) is 0.861. The predicted molar refractivity (Wildman–Crippen MR) is 95.3 cm³/mol. The minimum Gasteiger partial charge on any atom is -0.493 e. The normalized spacial score (nSPS) is 19.6. The summed E-state index contributed by atoms with van der Waals surface area (Å²) in [5.74, 6) is 1.21. The summed E-state index contributed by atoms with van der Waals surface area (Å²) >= 11 is 0. The minimum atomic E-state index is -0.0316. The molecule has 5 nitrogen and oxygen atoms in total. The summed E-state index contributed by atoms with van der Waals surface area (Å²) in [4.78, 5) is 16.9. The number of amides is 1. The number of ether oxygens (including phenoxy) is 1. The van der Waals surface area contributed by atoms with Crippen molar-refractivity contribution in [2.24, 2.45) is 0 Å². The molecular weight excluding hydrogens is 302 g/mol. The van der Waals surface area contributed by atoms with Gasteiger partial charge in [-0.15, -0.1) is 0 Å². The van der Waals surface area contributed by atoms with E-state index in [1.54, 1.807) is 0 Å². The van der Waals surface area contributed by atoms with Crippen LogP contribution < -0.4 is 10.1 Å². The second-order valence-electron chi connectivity index (χ2n) is 6.82. The summed E-state index contributed by atoms with van der Waals surface area (Å²) in [5, 5.41) is 3.00. The molecule has 24 heavy (non-hydrogen) atoms. The van der Waals surface area contributed by atoms with E-state index >= 15 is 0 Å². The topological polar surface area (TPSA) is 44.8 Å². The lowest BCUT2D eigenvalue weighted by Gasteiger charge is -2.37. The maximum atomic E-state index is 12.1. The van der Waals surface area contributed by atoms with Crippen LogP contribution in [0.4, 0.5) is 0 Å². The van der Waals surface area contributed by atoms with Crippen molar-refractivity contribution < 1.29 is 9.53 Å². The average Bonchev–Trinajstić information content (AvgIpc) is 3.07. The van der Waals surface area contributed by atoms with Crippen LogP contribution in [-0.4, -0.2) is 61.1 Å². The Hall–Kier alpha value is -1.59. The molecule has 1 fully saturated rings. The van der Waals surface area contributed by atoms with Crippen molar-refractivity contribution in [2.75, 3.05) is 39.3 Å². The molecule has 1 N–H and O–H groups in total. The van der Waals surface area contributed by atoms with Crippen molar-refractivity contribution in [1.82, 2.24) is 15.1 Å². The van der Waals surface area contributed by atoms with Crippen LogP contribution in [0.15, 0.2) is 18.2 Å². The van der Waals surface area contributed by atoms with Crippen molar-refractivity contribution >= 4 is 5.91 Å². The molecule has 2 aliphatic rings. The summed E-state index contributed by atoms with van der Waals surface area (Å²) in [6.07, 6.45) is 2.01. The summed E-state index contributed by atoms with van der Waals surface area (Å²) in [5.41, 5.74) is 2.70. The maximum Gasteiger partial charge on any atom is 0.237 e. The molecule has 3 rings (SSSR count). The number of carbonyl (C=O) groups excluding carboxylic acids is 1. The van der Waals surface area contributed by atoms with Gasteiger partial charge in [-0.25, -0.2) is 0 Å². The van der Waals surface area contributed by atoms with Gasteiger partial charge in [0.25, 0.3) is 0 Å². The molecule has 1 atom stereocenters. The largest absolute Gasteiger partial charge is 0.493 e. The molecule has 0 spiro atoms. The van der Waals surface area contributed by atoms with Crippen molar-refractivity contribution in [3.63, 3.8) is 0 Å². The van der Waals surface area contributed by atoms with Crippen LogP contribution in [0, 0.1) is 0 Å². The Bertz CT molecular complexity index is 568. The third-order valence-corrected chi connectivity index (χ3v) is 5.04. The highest BCUT2D eigenvalue weighted by atomic mass is 16.5. The summed E-state index contributed by atoms with van der Waals surface area (Å²) in [6.45, 7) is 10.6. The molecule has 1 amide bonds. The Labute approximate surface area is 145 Å². The highest BCUT2D eigenvalue weighted by Crippen LogP contribution is 2.26. The van der Waals surface area contributed by atoms with Crippen LogP contribution in [0.25, 0.3) is 0 Å². The van der Waals surface area contributed by atoms with Gasteiger partial charge in [0, 0.05) is 45.7 Å². The van der Waals surface area contributed by atoms with Gasteiger partial charge in [0.2, 0.25) is 5.91 Å². The Morgan fingerprint density at radius 3 is 2.83 bits per heavy atom. The van der Waals surface area contributed by atoms with Crippen molar-refractivity contribution in [3.05, 3.63) is 29.3 Å². The van der Waals surface area contributed by atoms with E-state index < -0.39 is 0 Å². The fraction of sp³-hybridized carbons (Fsp3) is 0.632. The van der Waals surface area contributed by atoms with Gasteiger partial charge in [-0.3, -0.25) is 14.6 Å². The first-order valence-electron chi connectivity index (χ1n) is 9.16. The highest BCUT2D eigenvalue weighted by Gasteiger charge is 2.25. The van der Waals surface area contributed by atoms with Gasteiger partial charge in [0.1, 0.15) is 5.75 Å². The van der Waals surface area contributed by atoms with E-state index in [9.17, 15) is 4.79 Å². The number of nitrogens with one attached hydrogen (secondary N) is 1. The van der Waals surface area contributed by atoms with E-state index in [1.807, 2.05) is 6.92 Å². The van der Waals surface area contributed by atoms with Gasteiger partial charge >= 0.3 is 0 Å². The molecule has 1 saturated heterocycles. The van der Waals surface area contributed by atoms with E-state index in [0.29, 0.717) is 0 Å². The summed E-state index contributed by atoms with van der Waals surface area (Å²) < 4.78 is 5.58. The van der Waals surface area contributed by atoms with E-state index in [0.717, 1.165) is 64.5 Å². The van der Waals surface area contributed by atoms with Crippen LogP contribution in [0.3, 0.4) is 0 Å². The van der Waals surface area contributed by atoms with Gasteiger partial charge in [-0.1, -0.05) is 19.1 Å². The Kier molecular flexibility index (Phi) is 5.74. The first-order chi connectivity index (χ1) is 11.7. The monoisotopic (exact) mass is 331 g/mol. The maximum absolute atomic E-state index is 12.1. The average molecular weight is 331 g/mol. The zero-order chi connectivity index (χ0) is 16.9. The van der Waals surface area contributed by atoms with E-state index in [2.05, 4.69) is 40.2 Å². The smallest absolute Gasteiger partial charge is 0.237 e. The number of fused-ring (bicyclic) bond motifs is 1. The van der Waals surface area contributed by atoms with E-state index in [-0.39, 0.29) is 11.9 Å². The van der Waals surface area contributed by atoms with E-state index in [4.69, 9.17) is 4.74 Å². The number of carbonyl (C=O) groups is 1. The first kappa shape index (κ1) is 17.2. The van der Waals surface area contributed by atoms with Crippen molar-refractivity contribution in [3.8, 4) is 5.75 Å². The Morgan fingerprint density at radius 1 is 1.29 bits per heavy atom. The zero-order valence-electron chi connectivity index (χ0n) is 14.9. The number of nitrogens with zero attached hydrogens (tertiary/aromatic N) is 2. The molecule has 0 aliphatic carbocycles. The standard InChI is InChI=1S/C19H29N3O2/c1-3-7-20-19(23)15(2)22-10-8-21(9-11-22)14-16-4-5-18-17(13-16)6-12-24-18/h4-5,13,15H,3,6-12,14H2,1-2H3,(H,20,23). The van der Waals surface area contributed by atoms with Crippen LogP contribution in [0.1, 0.15) is 31.4 Å². The van der Waals surface area contributed by atoms with Gasteiger partial charge in [0.05, 0.1) is 12.6 Å². The molecule has 2 heterocycles. The molecule has 132 valence electrons. The third kappa shape index (κ3) is 4.08. The number of benzene rings is 1. The number of rotatable bonds is 6. The van der Waals surface area contributed by atoms with Crippen molar-refractivity contribution in [2.45, 2.75) is 39.3 Å². The van der Waals surface area contributed by atoms with Crippen LogP contribution in [0.5, 0.6) is 5.75 Å². The van der Waals surface area contributed by atoms with Crippen LogP contribution in [0.2, 0.25) is 0 Å². The molecule has 0 saturated carbocycles. The highest BCUT2D eigenvalue weighted by molar-refractivity contribution is 5.81. The fourth-order valence-corrected chi connectivity index (χ4v) is 3.47.